The molecule has 0 aromatic heterocycles. The first-order chi connectivity index (χ1) is 14.4. The molecule has 1 unspecified atom stereocenters. The molecule has 0 saturated carbocycles. The van der Waals surface area contributed by atoms with Crippen LogP contribution >= 0.6 is 0 Å². The summed E-state index contributed by atoms with van der Waals surface area (Å²) < 4.78 is 38.6. The number of hydrogen-bond acceptors (Lipinski definition) is 4. The molecule has 0 spiro atoms. The average Bonchev–Trinajstić information content (AvgIpc) is 2.69. The summed E-state index contributed by atoms with van der Waals surface area (Å²) in [5.41, 5.74) is 1.55. The van der Waals surface area contributed by atoms with Crippen molar-refractivity contribution in [2.75, 3.05) is 24.2 Å². The number of nitrogens with zero attached hydrogens (tertiary/aromatic N) is 2. The molecule has 166 valence electrons. The summed E-state index contributed by atoms with van der Waals surface area (Å²) in [6, 6.07) is 11.1. The average molecular weight is 448 g/mol. The lowest BCUT2D eigenvalue weighted by atomic mass is 9.93. The molecular formula is C22H26FN3O4S. The van der Waals surface area contributed by atoms with E-state index in [9.17, 15) is 22.4 Å². The van der Waals surface area contributed by atoms with Crippen LogP contribution in [0.4, 0.5) is 10.1 Å². The predicted octanol–water partition coefficient (Wildman–Crippen LogP) is 2.13. The molecule has 1 saturated heterocycles. The second-order valence-electron chi connectivity index (χ2n) is 8.06. The number of halogens is 1. The Hall–Kier alpha value is -2.78. The summed E-state index contributed by atoms with van der Waals surface area (Å²) in [6.07, 6.45) is 1.02. The third-order valence-electron chi connectivity index (χ3n) is 5.68. The molecule has 1 aliphatic rings. The molecule has 1 atom stereocenters. The predicted molar refractivity (Wildman–Crippen MR) is 116 cm³/mol. The molecule has 7 nitrogen and oxygen atoms in total. The van der Waals surface area contributed by atoms with Crippen LogP contribution in [0, 0.1) is 19.7 Å². The maximum Gasteiger partial charge on any atom is 0.247 e. The van der Waals surface area contributed by atoms with Gasteiger partial charge in [0, 0.05) is 18.8 Å². The van der Waals surface area contributed by atoms with Gasteiger partial charge in [-0.2, -0.15) is 4.31 Å². The first-order valence-corrected chi connectivity index (χ1v) is 11.7. The first kappa shape index (κ1) is 22.9. The number of amides is 2. The molecular weight excluding hydrogens is 421 g/mol. The summed E-state index contributed by atoms with van der Waals surface area (Å²) in [7, 11) is -3.69. The van der Waals surface area contributed by atoms with Crippen LogP contribution in [0.2, 0.25) is 0 Å². The Morgan fingerprint density at radius 3 is 2.42 bits per heavy atom. The quantitative estimate of drug-likeness (QED) is 0.761. The van der Waals surface area contributed by atoms with E-state index in [1.165, 1.54) is 17.0 Å². The Bertz CT molecular complexity index is 1120. The van der Waals surface area contributed by atoms with Crippen LogP contribution in [0.25, 0.3) is 0 Å². The second-order valence-corrected chi connectivity index (χ2v) is 10.0. The van der Waals surface area contributed by atoms with Crippen LogP contribution < -0.4 is 10.2 Å². The van der Waals surface area contributed by atoms with Crippen molar-refractivity contribution in [3.63, 3.8) is 0 Å². The monoisotopic (exact) mass is 447 g/mol. The second kappa shape index (κ2) is 8.39. The number of carbonyl (C=O) groups excluding carboxylic acids is 2. The Balaban J connectivity index is 1.99. The van der Waals surface area contributed by atoms with E-state index < -0.39 is 27.4 Å². The van der Waals surface area contributed by atoms with Gasteiger partial charge in [-0.15, -0.1) is 0 Å². The summed E-state index contributed by atoms with van der Waals surface area (Å²) in [6.45, 7) is 4.92. The number of rotatable bonds is 5. The minimum atomic E-state index is -3.69. The maximum atomic E-state index is 13.4. The Morgan fingerprint density at radius 2 is 1.81 bits per heavy atom. The third kappa shape index (κ3) is 4.62. The zero-order valence-corrected chi connectivity index (χ0v) is 18.8. The Morgan fingerprint density at radius 1 is 1.16 bits per heavy atom. The molecule has 1 aliphatic heterocycles. The van der Waals surface area contributed by atoms with Crippen LogP contribution in [0.1, 0.15) is 23.6 Å². The van der Waals surface area contributed by atoms with Gasteiger partial charge < -0.3 is 5.32 Å². The highest BCUT2D eigenvalue weighted by molar-refractivity contribution is 7.88. The van der Waals surface area contributed by atoms with Gasteiger partial charge in [-0.1, -0.05) is 24.3 Å². The largest absolute Gasteiger partial charge is 0.350 e. The van der Waals surface area contributed by atoms with Gasteiger partial charge in [-0.25, -0.2) is 12.8 Å². The van der Waals surface area contributed by atoms with E-state index >= 15 is 0 Å². The number of hydrogen-bond donors (Lipinski definition) is 1. The number of sulfonamides is 1. The molecule has 2 amide bonds. The summed E-state index contributed by atoms with van der Waals surface area (Å²) in [4.78, 5) is 27.9. The van der Waals surface area contributed by atoms with Crippen LogP contribution in [-0.4, -0.2) is 49.4 Å². The fourth-order valence-corrected chi connectivity index (χ4v) is 4.56. The molecule has 3 rings (SSSR count). The normalized spacial score (nSPS) is 20.0. The zero-order valence-electron chi connectivity index (χ0n) is 18.0. The van der Waals surface area contributed by atoms with Crippen molar-refractivity contribution in [2.45, 2.75) is 32.9 Å². The van der Waals surface area contributed by atoms with Crippen molar-refractivity contribution in [3.05, 3.63) is 65.0 Å². The van der Waals surface area contributed by atoms with Gasteiger partial charge in [-0.05, 0) is 55.7 Å². The van der Waals surface area contributed by atoms with Crippen LogP contribution in [0.5, 0.6) is 0 Å². The lowest BCUT2D eigenvalue weighted by molar-refractivity contribution is -0.133. The van der Waals surface area contributed by atoms with Crippen molar-refractivity contribution in [1.82, 2.24) is 9.62 Å². The molecule has 0 bridgehead atoms. The van der Waals surface area contributed by atoms with Gasteiger partial charge in [0.1, 0.15) is 11.4 Å². The number of benzene rings is 2. The number of anilines is 1. The number of nitrogens with one attached hydrogen (secondary N) is 1. The topological polar surface area (TPSA) is 86.8 Å². The van der Waals surface area contributed by atoms with Crippen molar-refractivity contribution in [1.29, 1.82) is 0 Å². The molecule has 9 heteroatoms. The maximum absolute atomic E-state index is 13.4. The van der Waals surface area contributed by atoms with Crippen molar-refractivity contribution >= 4 is 27.5 Å². The highest BCUT2D eigenvalue weighted by Crippen LogP contribution is 2.33. The zero-order chi connectivity index (χ0) is 23.0. The van der Waals surface area contributed by atoms with E-state index in [4.69, 9.17) is 0 Å². The first-order valence-electron chi connectivity index (χ1n) is 9.80. The molecule has 0 radical (unpaired) electrons. The van der Waals surface area contributed by atoms with Gasteiger partial charge in [0.05, 0.1) is 12.8 Å². The van der Waals surface area contributed by atoms with Gasteiger partial charge in [-0.3, -0.25) is 14.5 Å². The lowest BCUT2D eigenvalue weighted by Crippen LogP contribution is -2.70. The van der Waals surface area contributed by atoms with Gasteiger partial charge in [0.25, 0.3) is 0 Å². The van der Waals surface area contributed by atoms with Crippen molar-refractivity contribution in [2.24, 2.45) is 0 Å². The van der Waals surface area contributed by atoms with Crippen LogP contribution in [-0.2, 0) is 26.2 Å². The van der Waals surface area contributed by atoms with E-state index in [1.54, 1.807) is 31.2 Å². The van der Waals surface area contributed by atoms with E-state index in [-0.39, 0.29) is 25.5 Å². The minimum Gasteiger partial charge on any atom is -0.350 e. The minimum absolute atomic E-state index is 0.114. The van der Waals surface area contributed by atoms with Gasteiger partial charge in [0.15, 0.2) is 0 Å². The number of carbonyl (C=O) groups is 2. The van der Waals surface area contributed by atoms with E-state index in [2.05, 4.69) is 5.32 Å². The molecule has 1 N–H and O–H groups in total. The third-order valence-corrected chi connectivity index (χ3v) is 6.88. The Labute approximate surface area is 181 Å². The highest BCUT2D eigenvalue weighted by atomic mass is 32.2. The fourth-order valence-electron chi connectivity index (χ4n) is 3.73. The smallest absolute Gasteiger partial charge is 0.247 e. The lowest BCUT2D eigenvalue weighted by Gasteiger charge is -2.47. The molecule has 1 heterocycles. The van der Waals surface area contributed by atoms with Gasteiger partial charge >= 0.3 is 0 Å². The summed E-state index contributed by atoms with van der Waals surface area (Å²) >= 11 is 0. The number of aryl methyl sites for hydroxylation is 1. The summed E-state index contributed by atoms with van der Waals surface area (Å²) in [5.74, 6) is -1.37. The van der Waals surface area contributed by atoms with E-state index in [1.807, 2.05) is 19.9 Å². The van der Waals surface area contributed by atoms with E-state index in [0.29, 0.717) is 11.3 Å². The molecule has 0 aliphatic carbocycles. The molecule has 31 heavy (non-hydrogen) atoms. The highest BCUT2D eigenvalue weighted by Gasteiger charge is 2.50. The Kier molecular flexibility index (Phi) is 6.20. The van der Waals surface area contributed by atoms with Crippen LogP contribution in [0.3, 0.4) is 0 Å². The molecule has 2 aromatic carbocycles. The fraction of sp³-hybridized carbons (Fsp3) is 0.364. The molecule has 2 aromatic rings. The van der Waals surface area contributed by atoms with Crippen LogP contribution in [0.15, 0.2) is 42.5 Å². The van der Waals surface area contributed by atoms with Gasteiger partial charge in [0.2, 0.25) is 21.8 Å². The standard InChI is InChI=1S/C22H26FN3O4S/c1-15-6-5-7-19(16(15)2)26-20(27)13-25(31(4,29)30)14-22(26,3)21(28)24-12-17-8-10-18(23)11-9-17/h5-11H,12-14H2,1-4H3,(H,24,28). The SMILES string of the molecule is Cc1cccc(N2C(=O)CN(S(C)(=O)=O)CC2(C)C(=O)NCc2ccc(F)cc2)c1C. The molecule has 1 fully saturated rings. The van der Waals surface area contributed by atoms with Crippen molar-refractivity contribution < 1.29 is 22.4 Å². The van der Waals surface area contributed by atoms with E-state index in [0.717, 1.165) is 21.7 Å². The number of piperazine rings is 1. The summed E-state index contributed by atoms with van der Waals surface area (Å²) in [5, 5.41) is 2.78. The van der Waals surface area contributed by atoms with Crippen molar-refractivity contribution in [3.8, 4) is 0 Å².